The van der Waals surface area contributed by atoms with Crippen LogP contribution in [0.1, 0.15) is 5.56 Å². The van der Waals surface area contributed by atoms with Crippen LogP contribution in [0.3, 0.4) is 0 Å². The van der Waals surface area contributed by atoms with Gasteiger partial charge in [-0.3, -0.25) is 0 Å². The number of rotatable bonds is 5. The van der Waals surface area contributed by atoms with Crippen LogP contribution in [-0.2, 0) is 11.3 Å². The molecule has 1 aromatic rings. The third-order valence-electron chi connectivity index (χ3n) is 1.76. The molecule has 1 aromatic carbocycles. The molecule has 0 aliphatic rings. The largest absolute Gasteiger partial charge is 0.445 e. The fourth-order valence-corrected chi connectivity index (χ4v) is 1.03. The van der Waals surface area contributed by atoms with E-state index in [9.17, 15) is 4.79 Å². The van der Waals surface area contributed by atoms with Crippen molar-refractivity contribution >= 4 is 6.09 Å². The number of carbonyl (C=O) groups excluding carboxylic acids is 1. The number of hydrogen-bond acceptors (Lipinski definition) is 3. The van der Waals surface area contributed by atoms with Gasteiger partial charge in [0.15, 0.2) is 0 Å². The first-order chi connectivity index (χ1) is 7.83. The van der Waals surface area contributed by atoms with Crippen LogP contribution >= 0.6 is 0 Å². The summed E-state index contributed by atoms with van der Waals surface area (Å²) >= 11 is 0. The molecule has 1 amide bonds. The molecule has 0 saturated heterocycles. The second-order valence-electron chi connectivity index (χ2n) is 2.94. The number of amides is 1. The lowest BCUT2D eigenvalue weighted by atomic mass is 10.2. The molecule has 84 valence electrons. The van der Waals surface area contributed by atoms with Crippen molar-refractivity contribution in [3.05, 3.63) is 46.3 Å². The fourth-order valence-electron chi connectivity index (χ4n) is 1.03. The Bertz CT molecular complexity index is 374. The van der Waals surface area contributed by atoms with Gasteiger partial charge in [-0.05, 0) is 11.1 Å². The van der Waals surface area contributed by atoms with E-state index < -0.39 is 6.09 Å². The van der Waals surface area contributed by atoms with Gasteiger partial charge in [-0.25, -0.2) is 4.79 Å². The van der Waals surface area contributed by atoms with Crippen molar-refractivity contribution in [3.8, 4) is 0 Å². The number of hydrogen-bond donors (Lipinski definition) is 1. The summed E-state index contributed by atoms with van der Waals surface area (Å²) in [5, 5.41) is 5.73. The van der Waals surface area contributed by atoms with Crippen LogP contribution in [0.2, 0.25) is 0 Å². The van der Waals surface area contributed by atoms with Gasteiger partial charge >= 0.3 is 6.09 Å². The highest BCUT2D eigenvalue weighted by molar-refractivity contribution is 5.67. The number of ether oxygens (including phenoxy) is 1. The Labute approximate surface area is 92.8 Å². The molecule has 0 fully saturated rings. The molecule has 6 heteroatoms. The number of benzene rings is 1. The molecule has 1 rings (SSSR count). The highest BCUT2D eigenvalue weighted by Crippen LogP contribution is 2.00. The predicted octanol–water partition coefficient (Wildman–Crippen LogP) is 2.22. The van der Waals surface area contributed by atoms with Crippen LogP contribution in [0.4, 0.5) is 4.79 Å². The molecule has 0 aliphatic heterocycles. The zero-order chi connectivity index (χ0) is 11.6. The normalized spacial score (nSPS) is 9.00. The SMILES string of the molecule is [N-]=[N+]=NCCNC(=O)OCc1ccccc1. The van der Waals surface area contributed by atoms with E-state index in [-0.39, 0.29) is 19.7 Å². The van der Waals surface area contributed by atoms with Crippen LogP contribution in [0.5, 0.6) is 0 Å². The van der Waals surface area contributed by atoms with E-state index >= 15 is 0 Å². The van der Waals surface area contributed by atoms with Gasteiger partial charge in [0.1, 0.15) is 6.61 Å². The maximum atomic E-state index is 11.1. The van der Waals surface area contributed by atoms with E-state index in [0.29, 0.717) is 0 Å². The number of nitrogens with zero attached hydrogens (tertiary/aromatic N) is 3. The molecule has 6 nitrogen and oxygen atoms in total. The molecule has 0 aliphatic carbocycles. The summed E-state index contributed by atoms with van der Waals surface area (Å²) < 4.78 is 4.92. The fraction of sp³-hybridized carbons (Fsp3) is 0.300. The highest BCUT2D eigenvalue weighted by atomic mass is 16.5. The molecule has 0 bridgehead atoms. The van der Waals surface area contributed by atoms with Crippen LogP contribution in [-0.4, -0.2) is 19.2 Å². The second kappa shape index (κ2) is 7.14. The molecular weight excluding hydrogens is 208 g/mol. The topological polar surface area (TPSA) is 87.1 Å². The van der Waals surface area contributed by atoms with Crippen LogP contribution < -0.4 is 5.32 Å². The van der Waals surface area contributed by atoms with Crippen molar-refractivity contribution in [2.45, 2.75) is 6.61 Å². The van der Waals surface area contributed by atoms with Crippen LogP contribution in [0, 0.1) is 0 Å². The highest BCUT2D eigenvalue weighted by Gasteiger charge is 2.00. The smallest absolute Gasteiger partial charge is 0.407 e. The van der Waals surface area contributed by atoms with E-state index in [2.05, 4.69) is 15.3 Å². The zero-order valence-electron chi connectivity index (χ0n) is 8.67. The molecule has 0 aromatic heterocycles. The minimum absolute atomic E-state index is 0.219. The molecule has 1 N–H and O–H groups in total. The van der Waals surface area contributed by atoms with E-state index in [1.165, 1.54) is 0 Å². The molecule has 0 atom stereocenters. The third kappa shape index (κ3) is 4.88. The number of carbonyl (C=O) groups is 1. The Morgan fingerprint density at radius 1 is 1.44 bits per heavy atom. The number of azide groups is 1. The van der Waals surface area contributed by atoms with Crippen molar-refractivity contribution in [3.63, 3.8) is 0 Å². The summed E-state index contributed by atoms with van der Waals surface area (Å²) in [6.45, 7) is 0.725. The average molecular weight is 220 g/mol. The van der Waals surface area contributed by atoms with E-state index in [1.54, 1.807) is 0 Å². The van der Waals surface area contributed by atoms with Gasteiger partial charge in [-0.15, -0.1) is 0 Å². The Morgan fingerprint density at radius 3 is 2.88 bits per heavy atom. The summed E-state index contributed by atoms with van der Waals surface area (Å²) in [6, 6.07) is 9.38. The molecule has 0 heterocycles. The Morgan fingerprint density at radius 2 is 2.19 bits per heavy atom. The van der Waals surface area contributed by atoms with Crippen molar-refractivity contribution < 1.29 is 9.53 Å². The van der Waals surface area contributed by atoms with Gasteiger partial charge in [0.25, 0.3) is 0 Å². The van der Waals surface area contributed by atoms with Crippen molar-refractivity contribution in [2.75, 3.05) is 13.1 Å². The van der Waals surface area contributed by atoms with Gasteiger partial charge in [0, 0.05) is 18.0 Å². The van der Waals surface area contributed by atoms with Crippen molar-refractivity contribution in [1.29, 1.82) is 0 Å². The monoisotopic (exact) mass is 220 g/mol. The summed E-state index contributed by atoms with van der Waals surface area (Å²) in [5.74, 6) is 0. The number of nitrogens with one attached hydrogen (secondary N) is 1. The van der Waals surface area contributed by atoms with Crippen molar-refractivity contribution in [1.82, 2.24) is 5.32 Å². The van der Waals surface area contributed by atoms with Gasteiger partial charge in [0.05, 0.1) is 0 Å². The standard InChI is InChI=1S/C10H12N4O2/c11-14-13-7-6-12-10(15)16-8-9-4-2-1-3-5-9/h1-5H,6-8H2,(H,12,15). The van der Waals surface area contributed by atoms with Crippen LogP contribution in [0.15, 0.2) is 35.4 Å². The summed E-state index contributed by atoms with van der Waals surface area (Å²) in [7, 11) is 0. The maximum absolute atomic E-state index is 11.1. The summed E-state index contributed by atoms with van der Waals surface area (Å²) in [6.07, 6.45) is -0.517. The Balaban J connectivity index is 2.18. The number of alkyl carbamates (subject to hydrolysis) is 1. The first kappa shape index (κ1) is 11.9. The van der Waals surface area contributed by atoms with E-state index in [4.69, 9.17) is 10.3 Å². The van der Waals surface area contributed by atoms with E-state index in [0.717, 1.165) is 5.56 Å². The van der Waals surface area contributed by atoms with Crippen molar-refractivity contribution in [2.24, 2.45) is 5.11 Å². The van der Waals surface area contributed by atoms with Crippen LogP contribution in [0.25, 0.3) is 10.4 Å². The Hall–Kier alpha value is -2.20. The van der Waals surface area contributed by atoms with Gasteiger partial charge < -0.3 is 10.1 Å². The average Bonchev–Trinajstić information content (AvgIpc) is 2.33. The lowest BCUT2D eigenvalue weighted by molar-refractivity contribution is 0.140. The third-order valence-corrected chi connectivity index (χ3v) is 1.76. The van der Waals surface area contributed by atoms with Gasteiger partial charge in [0.2, 0.25) is 0 Å². The summed E-state index contributed by atoms with van der Waals surface area (Å²) in [4.78, 5) is 13.7. The molecule has 16 heavy (non-hydrogen) atoms. The zero-order valence-corrected chi connectivity index (χ0v) is 8.67. The molecule has 0 unspecified atom stereocenters. The molecule has 0 radical (unpaired) electrons. The summed E-state index contributed by atoms with van der Waals surface area (Å²) in [5.41, 5.74) is 8.92. The lowest BCUT2D eigenvalue weighted by Crippen LogP contribution is -2.26. The molecular formula is C10H12N4O2. The molecule has 0 saturated carbocycles. The second-order valence-corrected chi connectivity index (χ2v) is 2.94. The van der Waals surface area contributed by atoms with Gasteiger partial charge in [-0.2, -0.15) is 0 Å². The Kier molecular flexibility index (Phi) is 5.30. The molecule has 0 spiro atoms. The maximum Gasteiger partial charge on any atom is 0.407 e. The minimum atomic E-state index is -0.517. The van der Waals surface area contributed by atoms with E-state index in [1.807, 2.05) is 30.3 Å². The first-order valence-electron chi connectivity index (χ1n) is 4.78. The quantitative estimate of drug-likeness (QED) is 0.357. The lowest BCUT2D eigenvalue weighted by Gasteiger charge is -2.05. The minimum Gasteiger partial charge on any atom is -0.445 e. The van der Waals surface area contributed by atoms with Gasteiger partial charge in [-0.1, -0.05) is 35.4 Å². The first-order valence-corrected chi connectivity index (χ1v) is 4.78. The predicted molar refractivity (Wildman–Crippen MR) is 58.6 cm³/mol.